The summed E-state index contributed by atoms with van der Waals surface area (Å²) in [6, 6.07) is 1.91. The molecule has 0 aliphatic rings. The van der Waals surface area contributed by atoms with Crippen molar-refractivity contribution in [3.8, 4) is 0 Å². The molecule has 110 valence electrons. The summed E-state index contributed by atoms with van der Waals surface area (Å²) >= 11 is 4.86. The number of hydroxylamine groups is 1. The first-order valence-corrected chi connectivity index (χ1v) is 7.78. The van der Waals surface area contributed by atoms with Crippen molar-refractivity contribution < 1.29 is 14.8 Å². The van der Waals surface area contributed by atoms with Gasteiger partial charge in [-0.15, -0.1) is 11.3 Å². The summed E-state index contributed by atoms with van der Waals surface area (Å²) < 4.78 is 0.988. The number of carbonyl (C=O) groups is 2. The van der Waals surface area contributed by atoms with Crippen molar-refractivity contribution in [1.82, 2.24) is 10.9 Å². The van der Waals surface area contributed by atoms with E-state index in [9.17, 15) is 9.59 Å². The molecule has 0 unspecified atom stereocenters. The Morgan fingerprint density at radius 1 is 1.30 bits per heavy atom. The van der Waals surface area contributed by atoms with Crippen LogP contribution in [0.5, 0.6) is 0 Å². The fourth-order valence-electron chi connectivity index (χ4n) is 1.42. The number of thiophene rings is 1. The van der Waals surface area contributed by atoms with E-state index in [0.29, 0.717) is 19.3 Å². The van der Waals surface area contributed by atoms with Crippen molar-refractivity contribution in [2.24, 2.45) is 5.10 Å². The molecule has 1 aromatic rings. The smallest absolute Gasteiger partial charge is 0.243 e. The van der Waals surface area contributed by atoms with Crippen LogP contribution >= 0.6 is 27.3 Å². The fourth-order valence-corrected chi connectivity index (χ4v) is 2.73. The molecular weight excluding hydrogens is 346 g/mol. The van der Waals surface area contributed by atoms with Gasteiger partial charge in [0.1, 0.15) is 0 Å². The first kappa shape index (κ1) is 16.8. The number of carbonyl (C=O) groups excluding carboxylic acids is 2. The SMILES string of the molecule is O=C(CCCCCC(=O)N/N=C/c1cc(Br)cs1)NO. The van der Waals surface area contributed by atoms with Gasteiger partial charge < -0.3 is 0 Å². The Bertz CT molecular complexity index is 476. The van der Waals surface area contributed by atoms with Crippen LogP contribution in [0, 0.1) is 0 Å². The first-order valence-electron chi connectivity index (χ1n) is 6.10. The van der Waals surface area contributed by atoms with Gasteiger partial charge in [-0.2, -0.15) is 5.10 Å². The molecule has 0 spiro atoms. The Morgan fingerprint density at radius 2 is 2.00 bits per heavy atom. The number of amides is 2. The van der Waals surface area contributed by atoms with Crippen LogP contribution in [0.2, 0.25) is 0 Å². The van der Waals surface area contributed by atoms with Gasteiger partial charge in [0.05, 0.1) is 6.21 Å². The number of unbranched alkanes of at least 4 members (excludes halogenated alkanes) is 2. The molecule has 0 aromatic carbocycles. The predicted octanol–water partition coefficient (Wildman–Crippen LogP) is 2.42. The molecular formula is C12H16BrN3O3S. The van der Waals surface area contributed by atoms with Crippen molar-refractivity contribution in [2.45, 2.75) is 32.1 Å². The van der Waals surface area contributed by atoms with E-state index in [4.69, 9.17) is 5.21 Å². The van der Waals surface area contributed by atoms with E-state index < -0.39 is 5.91 Å². The van der Waals surface area contributed by atoms with Gasteiger partial charge in [0.2, 0.25) is 11.8 Å². The van der Waals surface area contributed by atoms with Gasteiger partial charge in [-0.05, 0) is 34.8 Å². The predicted molar refractivity (Wildman–Crippen MR) is 80.8 cm³/mol. The Balaban J connectivity index is 2.08. The van der Waals surface area contributed by atoms with Crippen molar-refractivity contribution in [2.75, 3.05) is 0 Å². The largest absolute Gasteiger partial charge is 0.289 e. The lowest BCUT2D eigenvalue weighted by Gasteiger charge is -2.00. The Morgan fingerprint density at radius 3 is 2.60 bits per heavy atom. The number of hydrogen-bond donors (Lipinski definition) is 3. The molecule has 1 aromatic heterocycles. The van der Waals surface area contributed by atoms with Crippen molar-refractivity contribution >= 4 is 45.3 Å². The molecule has 1 rings (SSSR count). The Labute approximate surface area is 129 Å². The molecule has 0 aliphatic carbocycles. The maximum Gasteiger partial charge on any atom is 0.243 e. The molecule has 1 heterocycles. The first-order chi connectivity index (χ1) is 9.61. The monoisotopic (exact) mass is 361 g/mol. The molecule has 0 saturated heterocycles. The third-order valence-corrected chi connectivity index (χ3v) is 4.03. The summed E-state index contributed by atoms with van der Waals surface area (Å²) in [7, 11) is 0. The number of nitrogens with one attached hydrogen (secondary N) is 2. The molecule has 0 fully saturated rings. The van der Waals surface area contributed by atoms with E-state index in [-0.39, 0.29) is 12.3 Å². The Kier molecular flexibility index (Phi) is 8.08. The zero-order valence-electron chi connectivity index (χ0n) is 10.8. The third kappa shape index (κ3) is 7.37. The van der Waals surface area contributed by atoms with Crippen molar-refractivity contribution in [3.05, 3.63) is 20.8 Å². The molecule has 0 saturated carbocycles. The molecule has 3 N–H and O–H groups in total. The summed E-state index contributed by atoms with van der Waals surface area (Å²) in [5, 5.41) is 14.1. The lowest BCUT2D eigenvalue weighted by molar-refractivity contribution is -0.129. The summed E-state index contributed by atoms with van der Waals surface area (Å²) in [6.45, 7) is 0. The van der Waals surface area contributed by atoms with Crippen LogP contribution < -0.4 is 10.9 Å². The van der Waals surface area contributed by atoms with Crippen LogP contribution in [0.15, 0.2) is 21.0 Å². The second-order valence-electron chi connectivity index (χ2n) is 4.06. The van der Waals surface area contributed by atoms with E-state index in [0.717, 1.165) is 15.8 Å². The van der Waals surface area contributed by atoms with Crippen LogP contribution in [-0.2, 0) is 9.59 Å². The maximum atomic E-state index is 11.4. The molecule has 0 radical (unpaired) electrons. The van der Waals surface area contributed by atoms with E-state index in [1.165, 1.54) is 11.3 Å². The van der Waals surface area contributed by atoms with Gasteiger partial charge in [0, 0.05) is 27.6 Å². The van der Waals surface area contributed by atoms with Crippen molar-refractivity contribution in [1.29, 1.82) is 0 Å². The van der Waals surface area contributed by atoms with E-state index >= 15 is 0 Å². The average molecular weight is 362 g/mol. The topological polar surface area (TPSA) is 90.8 Å². The molecule has 0 bridgehead atoms. The summed E-state index contributed by atoms with van der Waals surface area (Å²) in [4.78, 5) is 23.1. The minimum atomic E-state index is -0.402. The lowest BCUT2D eigenvalue weighted by Crippen LogP contribution is -2.18. The second kappa shape index (κ2) is 9.62. The lowest BCUT2D eigenvalue weighted by atomic mass is 10.1. The van der Waals surface area contributed by atoms with E-state index in [1.807, 2.05) is 11.4 Å². The van der Waals surface area contributed by atoms with Crippen LogP contribution in [0.25, 0.3) is 0 Å². The Hall–Kier alpha value is -1.25. The number of halogens is 1. The third-order valence-electron chi connectivity index (χ3n) is 2.40. The zero-order chi connectivity index (χ0) is 14.8. The van der Waals surface area contributed by atoms with Crippen LogP contribution in [0.4, 0.5) is 0 Å². The van der Waals surface area contributed by atoms with Gasteiger partial charge >= 0.3 is 0 Å². The highest BCUT2D eigenvalue weighted by atomic mass is 79.9. The van der Waals surface area contributed by atoms with Crippen LogP contribution in [0.3, 0.4) is 0 Å². The quantitative estimate of drug-likeness (QED) is 0.287. The second-order valence-corrected chi connectivity index (χ2v) is 5.91. The normalized spacial score (nSPS) is 10.7. The molecule has 6 nitrogen and oxygen atoms in total. The van der Waals surface area contributed by atoms with Crippen LogP contribution in [-0.4, -0.2) is 23.2 Å². The highest BCUT2D eigenvalue weighted by Gasteiger charge is 2.02. The van der Waals surface area contributed by atoms with Crippen LogP contribution in [0.1, 0.15) is 37.0 Å². The summed E-state index contributed by atoms with van der Waals surface area (Å²) in [5.41, 5.74) is 4.02. The molecule has 0 aliphatic heterocycles. The molecule has 20 heavy (non-hydrogen) atoms. The number of rotatable bonds is 8. The van der Waals surface area contributed by atoms with Gasteiger partial charge in [0.25, 0.3) is 0 Å². The number of hydrazone groups is 1. The molecule has 0 atom stereocenters. The average Bonchev–Trinajstić information content (AvgIpc) is 2.83. The zero-order valence-corrected chi connectivity index (χ0v) is 13.2. The minimum absolute atomic E-state index is 0.150. The molecule has 8 heteroatoms. The summed E-state index contributed by atoms with van der Waals surface area (Å²) in [5.74, 6) is -0.551. The van der Waals surface area contributed by atoms with E-state index in [2.05, 4.69) is 26.5 Å². The van der Waals surface area contributed by atoms with Gasteiger partial charge in [0.15, 0.2) is 0 Å². The van der Waals surface area contributed by atoms with Gasteiger partial charge in [-0.25, -0.2) is 10.9 Å². The summed E-state index contributed by atoms with van der Waals surface area (Å²) in [6.07, 6.45) is 4.31. The highest BCUT2D eigenvalue weighted by molar-refractivity contribution is 9.10. The van der Waals surface area contributed by atoms with Crippen molar-refractivity contribution in [3.63, 3.8) is 0 Å². The molecule has 2 amide bonds. The number of hydrogen-bond acceptors (Lipinski definition) is 5. The van der Waals surface area contributed by atoms with Gasteiger partial charge in [-0.3, -0.25) is 14.8 Å². The number of nitrogens with zero attached hydrogens (tertiary/aromatic N) is 1. The maximum absolute atomic E-state index is 11.4. The fraction of sp³-hybridized carbons (Fsp3) is 0.417. The standard InChI is InChI=1S/C12H16BrN3O3S/c13-9-6-10(20-8-9)7-14-15-11(17)4-2-1-3-5-12(18)16-19/h6-8,19H,1-5H2,(H,15,17)(H,16,18)/b14-7+. The van der Waals surface area contributed by atoms with Gasteiger partial charge in [-0.1, -0.05) is 6.42 Å². The minimum Gasteiger partial charge on any atom is -0.289 e. The highest BCUT2D eigenvalue weighted by Crippen LogP contribution is 2.17. The van der Waals surface area contributed by atoms with E-state index in [1.54, 1.807) is 11.7 Å².